The van der Waals surface area contributed by atoms with Crippen LogP contribution in [0, 0.1) is 5.41 Å². The second kappa shape index (κ2) is 5.32. The van der Waals surface area contributed by atoms with Crippen LogP contribution in [0.25, 0.3) is 0 Å². The first-order valence-corrected chi connectivity index (χ1v) is 6.58. The quantitative estimate of drug-likeness (QED) is 0.686. The highest BCUT2D eigenvalue weighted by Gasteiger charge is 2.34. The Morgan fingerprint density at radius 1 is 1.28 bits per heavy atom. The molecule has 1 rings (SSSR count). The molecule has 1 nitrogen and oxygen atoms in total. The zero-order chi connectivity index (χ0) is 14.0. The molecule has 0 N–H and O–H groups in total. The number of rotatable bonds is 4. The Morgan fingerprint density at radius 3 is 2.33 bits per heavy atom. The summed E-state index contributed by atoms with van der Waals surface area (Å²) in [5, 5.41) is 0. The molecule has 4 heteroatoms. The van der Waals surface area contributed by atoms with Gasteiger partial charge in [0.1, 0.15) is 0 Å². The van der Waals surface area contributed by atoms with Crippen molar-refractivity contribution >= 4 is 7.28 Å². The third-order valence-electron chi connectivity index (χ3n) is 4.04. The van der Waals surface area contributed by atoms with Gasteiger partial charge in [0.15, 0.2) is 7.28 Å². The highest BCUT2D eigenvalue weighted by molar-refractivity contribution is 6.45. The van der Waals surface area contributed by atoms with Gasteiger partial charge in [0, 0.05) is 19.3 Å². The van der Waals surface area contributed by atoms with Crippen LogP contribution in [-0.4, -0.2) is 25.3 Å². The van der Waals surface area contributed by atoms with Crippen LogP contribution in [0.3, 0.4) is 0 Å². The topological polar surface area (TPSA) is 9.23 Å². The van der Waals surface area contributed by atoms with Gasteiger partial charge in [-0.1, -0.05) is 26.8 Å². The first-order chi connectivity index (χ1) is 8.04. The lowest BCUT2D eigenvalue weighted by Crippen LogP contribution is -2.40. The minimum absolute atomic E-state index is 0.0437. The average molecular weight is 257 g/mol. The van der Waals surface area contributed by atoms with E-state index in [1.807, 2.05) is 7.28 Å². The highest BCUT2D eigenvalue weighted by atomic mass is 19.3. The molecule has 0 bridgehead atoms. The fraction of sp³-hybridized carbons (Fsp3) is 0.857. The summed E-state index contributed by atoms with van der Waals surface area (Å²) < 4.78 is 31.8. The third kappa shape index (κ3) is 4.38. The van der Waals surface area contributed by atoms with Crippen molar-refractivity contribution in [3.63, 3.8) is 0 Å². The lowest BCUT2D eigenvalue weighted by Gasteiger charge is -2.39. The zero-order valence-electron chi connectivity index (χ0n) is 12.1. The van der Waals surface area contributed by atoms with E-state index in [9.17, 15) is 8.78 Å². The Labute approximate surface area is 110 Å². The van der Waals surface area contributed by atoms with Gasteiger partial charge in [0.2, 0.25) is 0 Å². The van der Waals surface area contributed by atoms with E-state index in [1.54, 1.807) is 6.08 Å². The maximum Gasteiger partial charge on any atom is 0.251 e. The van der Waals surface area contributed by atoms with Gasteiger partial charge in [-0.25, -0.2) is 8.78 Å². The van der Waals surface area contributed by atoms with E-state index in [4.69, 9.17) is 4.74 Å². The van der Waals surface area contributed by atoms with Gasteiger partial charge in [-0.2, -0.15) is 0 Å². The molecule has 0 aromatic carbocycles. The molecular formula is C14H24BF2O. The minimum Gasteiger partial charge on any atom is -0.383 e. The fourth-order valence-corrected chi connectivity index (χ4v) is 1.57. The molecule has 0 aromatic heterocycles. The third-order valence-corrected chi connectivity index (χ3v) is 4.04. The lowest BCUT2D eigenvalue weighted by atomic mass is 9.66. The zero-order valence-corrected chi connectivity index (χ0v) is 12.1. The first-order valence-electron chi connectivity index (χ1n) is 6.58. The summed E-state index contributed by atoms with van der Waals surface area (Å²) in [6, 6.07) is 0. The minimum atomic E-state index is -2.51. The van der Waals surface area contributed by atoms with Gasteiger partial charge in [-0.05, 0) is 25.7 Å². The summed E-state index contributed by atoms with van der Waals surface area (Å²) in [6.45, 7) is 11.0. The van der Waals surface area contributed by atoms with Crippen LogP contribution >= 0.6 is 0 Å². The molecule has 1 radical (unpaired) electrons. The summed E-state index contributed by atoms with van der Waals surface area (Å²) in [5.41, 5.74) is 0.808. The number of hydrogen-bond acceptors (Lipinski definition) is 1. The van der Waals surface area contributed by atoms with Crippen LogP contribution < -0.4 is 0 Å². The highest BCUT2D eigenvalue weighted by Crippen LogP contribution is 2.34. The van der Waals surface area contributed by atoms with Crippen LogP contribution in [0.4, 0.5) is 8.78 Å². The van der Waals surface area contributed by atoms with Crippen molar-refractivity contribution in [2.45, 2.75) is 65.4 Å². The molecule has 0 unspecified atom stereocenters. The van der Waals surface area contributed by atoms with E-state index in [1.165, 1.54) is 0 Å². The van der Waals surface area contributed by atoms with E-state index in [0.29, 0.717) is 12.9 Å². The standard InChI is InChI=1S/C14H24BF2O/c1-12(2,3)13(4,5)18-10-15-11-6-8-14(16,17)9-7-11/h6H,7-10H2,1-5H3. The number of ether oxygens (including phenoxy) is 1. The number of hydrogen-bond donors (Lipinski definition) is 0. The van der Waals surface area contributed by atoms with Gasteiger partial charge in [-0.3, -0.25) is 0 Å². The largest absolute Gasteiger partial charge is 0.383 e. The van der Waals surface area contributed by atoms with Crippen LogP contribution in [0.15, 0.2) is 11.5 Å². The van der Waals surface area contributed by atoms with E-state index < -0.39 is 5.92 Å². The van der Waals surface area contributed by atoms with Gasteiger partial charge >= 0.3 is 0 Å². The van der Waals surface area contributed by atoms with Gasteiger partial charge in [0.25, 0.3) is 5.92 Å². The molecule has 0 saturated carbocycles. The van der Waals surface area contributed by atoms with Crippen molar-refractivity contribution in [1.82, 2.24) is 0 Å². The van der Waals surface area contributed by atoms with E-state index in [2.05, 4.69) is 34.6 Å². The SMILES string of the molecule is CC(C)(C)C(C)(C)OC[B]C1=CCC(F)(F)CC1. The Bertz CT molecular complexity index is 316. The van der Waals surface area contributed by atoms with E-state index in [0.717, 1.165) is 5.47 Å². The number of halogens is 2. The monoisotopic (exact) mass is 257 g/mol. The lowest BCUT2D eigenvalue weighted by molar-refractivity contribution is -0.0720. The average Bonchev–Trinajstić information content (AvgIpc) is 2.18. The molecule has 1 aliphatic carbocycles. The van der Waals surface area contributed by atoms with Gasteiger partial charge in [-0.15, -0.1) is 5.47 Å². The Hall–Kier alpha value is -0.375. The molecule has 1 aliphatic rings. The summed E-state index contributed by atoms with van der Waals surface area (Å²) in [7, 11) is 1.93. The van der Waals surface area contributed by atoms with Gasteiger partial charge < -0.3 is 4.74 Å². The summed E-state index contributed by atoms with van der Waals surface area (Å²) in [4.78, 5) is 0. The first kappa shape index (κ1) is 15.7. The summed E-state index contributed by atoms with van der Waals surface area (Å²) in [6.07, 6.45) is 1.91. The van der Waals surface area contributed by atoms with Crippen LogP contribution in [0.5, 0.6) is 0 Å². The summed E-state index contributed by atoms with van der Waals surface area (Å²) in [5.74, 6) is -2.51. The van der Waals surface area contributed by atoms with Crippen LogP contribution in [-0.2, 0) is 4.74 Å². The molecule has 0 atom stereocenters. The molecule has 18 heavy (non-hydrogen) atoms. The molecule has 0 fully saturated rings. The molecule has 103 valence electrons. The summed E-state index contributed by atoms with van der Waals surface area (Å²) >= 11 is 0. The van der Waals surface area contributed by atoms with E-state index >= 15 is 0 Å². The van der Waals surface area contributed by atoms with Gasteiger partial charge in [0.05, 0.1) is 5.60 Å². The maximum atomic E-state index is 13.0. The second-order valence-corrected chi connectivity index (χ2v) is 6.61. The maximum absolute atomic E-state index is 13.0. The smallest absolute Gasteiger partial charge is 0.251 e. The number of alkyl halides is 2. The Kier molecular flexibility index (Phi) is 4.63. The molecule has 0 aromatic rings. The fourth-order valence-electron chi connectivity index (χ4n) is 1.57. The Balaban J connectivity index is 2.38. The molecule has 0 saturated heterocycles. The molecule has 0 heterocycles. The molecule has 0 spiro atoms. The van der Waals surface area contributed by atoms with Crippen molar-refractivity contribution in [2.75, 3.05) is 6.51 Å². The normalized spacial score (nSPS) is 20.5. The molecule has 0 amide bonds. The predicted molar refractivity (Wildman–Crippen MR) is 72.1 cm³/mol. The van der Waals surface area contributed by atoms with E-state index in [-0.39, 0.29) is 23.9 Å². The second-order valence-electron chi connectivity index (χ2n) is 6.61. The van der Waals surface area contributed by atoms with Crippen LogP contribution in [0.1, 0.15) is 53.9 Å². The number of allylic oxidation sites excluding steroid dienone is 2. The predicted octanol–water partition coefficient (Wildman–Crippen LogP) is 4.19. The van der Waals surface area contributed by atoms with Crippen molar-refractivity contribution in [1.29, 1.82) is 0 Å². The van der Waals surface area contributed by atoms with Crippen molar-refractivity contribution in [3.05, 3.63) is 11.5 Å². The Morgan fingerprint density at radius 2 is 1.89 bits per heavy atom. The van der Waals surface area contributed by atoms with Crippen molar-refractivity contribution < 1.29 is 13.5 Å². The van der Waals surface area contributed by atoms with Crippen LogP contribution in [0.2, 0.25) is 0 Å². The molecule has 0 aliphatic heterocycles. The van der Waals surface area contributed by atoms with Crippen molar-refractivity contribution in [3.8, 4) is 0 Å². The van der Waals surface area contributed by atoms with Crippen molar-refractivity contribution in [2.24, 2.45) is 5.41 Å². The molecular weight excluding hydrogens is 233 g/mol.